The van der Waals surface area contributed by atoms with Crippen LogP contribution in [0.5, 0.6) is 11.5 Å². The van der Waals surface area contributed by atoms with E-state index in [9.17, 15) is 0 Å². The van der Waals surface area contributed by atoms with Crippen molar-refractivity contribution in [3.05, 3.63) is 71.9 Å². The molecule has 114 valence electrons. The highest BCUT2D eigenvalue weighted by Crippen LogP contribution is 2.24. The summed E-state index contributed by atoms with van der Waals surface area (Å²) >= 11 is 0. The second-order valence-corrected chi connectivity index (χ2v) is 4.81. The molecule has 22 heavy (non-hydrogen) atoms. The van der Waals surface area contributed by atoms with Gasteiger partial charge in [-0.2, -0.15) is 0 Å². The normalized spacial score (nSPS) is 11.7. The zero-order chi connectivity index (χ0) is 15.8. The van der Waals surface area contributed by atoms with Crippen LogP contribution in [-0.4, -0.2) is 16.8 Å². The molecule has 0 aromatic heterocycles. The zero-order valence-electron chi connectivity index (χ0n) is 12.2. The van der Waals surface area contributed by atoms with Crippen molar-refractivity contribution in [3.8, 4) is 11.5 Å². The first kappa shape index (κ1) is 15.7. The van der Waals surface area contributed by atoms with E-state index in [1.807, 2.05) is 30.5 Å². The molecule has 0 bridgehead atoms. The smallest absolute Gasteiger partial charge is 0.157 e. The molecule has 0 unspecified atom stereocenters. The van der Waals surface area contributed by atoms with Gasteiger partial charge in [-0.1, -0.05) is 36.4 Å². The van der Waals surface area contributed by atoms with E-state index in [0.29, 0.717) is 13.0 Å². The van der Waals surface area contributed by atoms with Crippen molar-refractivity contribution in [3.63, 3.8) is 0 Å². The fourth-order valence-electron chi connectivity index (χ4n) is 2.02. The van der Waals surface area contributed by atoms with Crippen LogP contribution < -0.4 is 11.1 Å². The summed E-state index contributed by atoms with van der Waals surface area (Å²) in [7, 11) is 0. The van der Waals surface area contributed by atoms with Crippen molar-refractivity contribution in [2.75, 3.05) is 11.9 Å². The molecular weight excluding hydrogens is 276 g/mol. The highest BCUT2D eigenvalue weighted by molar-refractivity contribution is 5.69. The van der Waals surface area contributed by atoms with Gasteiger partial charge in [0.15, 0.2) is 11.5 Å². The van der Waals surface area contributed by atoms with Gasteiger partial charge in [0, 0.05) is 11.9 Å². The lowest BCUT2D eigenvalue weighted by molar-refractivity contribution is 0.403. The molecule has 4 nitrogen and oxygen atoms in total. The van der Waals surface area contributed by atoms with Gasteiger partial charge in [-0.3, -0.25) is 0 Å². The number of rotatable bonds is 2. The summed E-state index contributed by atoms with van der Waals surface area (Å²) in [6.07, 6.45) is 8.75. The van der Waals surface area contributed by atoms with Gasteiger partial charge >= 0.3 is 0 Å². The van der Waals surface area contributed by atoms with Gasteiger partial charge in [0.2, 0.25) is 0 Å². The van der Waals surface area contributed by atoms with Crippen LogP contribution in [0.25, 0.3) is 6.08 Å². The lowest BCUT2D eigenvalue weighted by atomic mass is 10.1. The molecule has 1 heterocycles. The Morgan fingerprint density at radius 3 is 2.55 bits per heavy atom. The average Bonchev–Trinajstić information content (AvgIpc) is 2.77. The molecule has 2 aromatic carbocycles. The van der Waals surface area contributed by atoms with E-state index >= 15 is 0 Å². The molecule has 3 rings (SSSR count). The van der Waals surface area contributed by atoms with Gasteiger partial charge in [-0.25, -0.2) is 0 Å². The highest BCUT2D eigenvalue weighted by Gasteiger charge is 1.98. The summed E-state index contributed by atoms with van der Waals surface area (Å²) in [6.45, 7) is 0.546. The summed E-state index contributed by atoms with van der Waals surface area (Å²) in [6, 6.07) is 12.9. The summed E-state index contributed by atoms with van der Waals surface area (Å²) in [5.41, 5.74) is 8.64. The lowest BCUT2D eigenvalue weighted by Gasteiger charge is -2.01. The molecule has 0 radical (unpaired) electrons. The number of para-hydroxylation sites is 1. The van der Waals surface area contributed by atoms with Crippen molar-refractivity contribution in [1.29, 1.82) is 0 Å². The Labute approximate surface area is 130 Å². The van der Waals surface area contributed by atoms with E-state index in [1.165, 1.54) is 17.7 Å². The molecule has 0 aliphatic carbocycles. The van der Waals surface area contributed by atoms with Gasteiger partial charge < -0.3 is 21.3 Å². The van der Waals surface area contributed by atoms with Crippen LogP contribution in [0.4, 0.5) is 5.69 Å². The molecule has 0 spiro atoms. The second kappa shape index (κ2) is 7.90. The first-order chi connectivity index (χ1) is 10.7. The number of aromatic hydroxyl groups is 2. The van der Waals surface area contributed by atoms with Gasteiger partial charge in [-0.05, 0) is 48.4 Å². The number of fused-ring (bicyclic) bond motifs is 1. The number of anilines is 1. The van der Waals surface area contributed by atoms with Crippen molar-refractivity contribution in [2.45, 2.75) is 6.42 Å². The Bertz CT molecular complexity index is 679. The Hall–Kier alpha value is -2.72. The van der Waals surface area contributed by atoms with E-state index in [0.717, 1.165) is 11.3 Å². The number of allylic oxidation sites excluding steroid dienone is 2. The molecule has 0 fully saturated rings. The van der Waals surface area contributed by atoms with Crippen LogP contribution in [0, 0.1) is 0 Å². The van der Waals surface area contributed by atoms with Crippen molar-refractivity contribution < 1.29 is 10.2 Å². The van der Waals surface area contributed by atoms with Crippen molar-refractivity contribution >= 4 is 11.8 Å². The quantitative estimate of drug-likeness (QED) is 0.642. The summed E-state index contributed by atoms with van der Waals surface area (Å²) < 4.78 is 0. The molecule has 0 saturated heterocycles. The lowest BCUT2D eigenvalue weighted by Crippen LogP contribution is -2.02. The Morgan fingerprint density at radius 2 is 1.77 bits per heavy atom. The molecule has 0 saturated carbocycles. The number of hydrogen-bond acceptors (Lipinski definition) is 4. The molecule has 0 amide bonds. The Balaban J connectivity index is 0.000000160. The molecule has 0 atom stereocenters. The number of nitrogens with two attached hydrogens (primary N) is 1. The maximum atomic E-state index is 9.04. The summed E-state index contributed by atoms with van der Waals surface area (Å²) in [4.78, 5) is 0. The fraction of sp³-hybridized carbons (Fsp3) is 0.111. The average molecular weight is 296 g/mol. The third-order valence-corrected chi connectivity index (χ3v) is 3.16. The van der Waals surface area contributed by atoms with E-state index in [4.69, 9.17) is 15.9 Å². The van der Waals surface area contributed by atoms with Crippen LogP contribution >= 0.6 is 0 Å². The minimum atomic E-state index is -0.0919. The van der Waals surface area contributed by atoms with Gasteiger partial charge in [0.25, 0.3) is 0 Å². The number of phenolic OH excluding ortho intramolecular Hbond substituents is 2. The number of hydrogen-bond donors (Lipinski definition) is 4. The second-order valence-electron chi connectivity index (χ2n) is 4.81. The fourth-order valence-corrected chi connectivity index (χ4v) is 2.02. The van der Waals surface area contributed by atoms with E-state index in [1.54, 1.807) is 6.07 Å². The molecule has 2 aromatic rings. The van der Waals surface area contributed by atoms with Crippen LogP contribution in [0.15, 0.2) is 60.8 Å². The number of nitrogens with one attached hydrogen (secondary N) is 1. The minimum Gasteiger partial charge on any atom is -0.504 e. The van der Waals surface area contributed by atoms with Gasteiger partial charge in [0.1, 0.15) is 0 Å². The van der Waals surface area contributed by atoms with E-state index < -0.39 is 0 Å². The highest BCUT2D eigenvalue weighted by atomic mass is 16.3. The number of benzene rings is 2. The predicted octanol–water partition coefficient (Wildman–Crippen LogP) is 3.24. The number of phenols is 2. The molecule has 5 N–H and O–H groups in total. The summed E-state index contributed by atoms with van der Waals surface area (Å²) in [5, 5.41) is 21.1. The molecule has 1 aliphatic rings. The molecular formula is C18H20N2O2. The van der Waals surface area contributed by atoms with Crippen LogP contribution in [-0.2, 0) is 6.42 Å². The largest absolute Gasteiger partial charge is 0.504 e. The minimum absolute atomic E-state index is 0.0871. The third kappa shape index (κ3) is 4.40. The van der Waals surface area contributed by atoms with Crippen LogP contribution in [0.1, 0.15) is 11.1 Å². The monoisotopic (exact) mass is 296 g/mol. The van der Waals surface area contributed by atoms with Gasteiger partial charge in [0.05, 0.1) is 0 Å². The Morgan fingerprint density at radius 1 is 0.955 bits per heavy atom. The summed E-state index contributed by atoms with van der Waals surface area (Å²) in [5.74, 6) is -0.179. The maximum absolute atomic E-state index is 9.04. The maximum Gasteiger partial charge on any atom is 0.157 e. The van der Waals surface area contributed by atoms with E-state index in [-0.39, 0.29) is 11.5 Å². The van der Waals surface area contributed by atoms with Crippen molar-refractivity contribution in [1.82, 2.24) is 0 Å². The van der Waals surface area contributed by atoms with Crippen molar-refractivity contribution in [2.24, 2.45) is 5.73 Å². The zero-order valence-corrected chi connectivity index (χ0v) is 12.2. The van der Waals surface area contributed by atoms with Crippen LogP contribution in [0.2, 0.25) is 0 Å². The first-order valence-electron chi connectivity index (χ1n) is 7.10. The molecule has 1 aliphatic heterocycles. The standard InChI is InChI=1S/C10H9N.C8H11NO2/c1-2-7-10-9(5-1)6-3-4-8-11-10;9-4-3-6-1-2-7(10)8(11)5-6/h1-8,11H;1-2,5,10-11H,3-4,9H2. The molecule has 4 heteroatoms. The first-order valence-corrected chi connectivity index (χ1v) is 7.10. The Kier molecular flexibility index (Phi) is 5.63. The van der Waals surface area contributed by atoms with E-state index in [2.05, 4.69) is 23.5 Å². The predicted molar refractivity (Wildman–Crippen MR) is 90.8 cm³/mol. The van der Waals surface area contributed by atoms with Gasteiger partial charge in [-0.15, -0.1) is 0 Å². The third-order valence-electron chi connectivity index (χ3n) is 3.16. The SMILES string of the molecule is C1=CNc2ccccc2C=C1.NCCc1ccc(O)c(O)c1. The van der Waals surface area contributed by atoms with Crippen LogP contribution in [0.3, 0.4) is 0 Å². The topological polar surface area (TPSA) is 78.5 Å².